The number of ether oxygens (including phenoxy) is 1. The summed E-state index contributed by atoms with van der Waals surface area (Å²) in [6.07, 6.45) is 0.595. The lowest BCUT2D eigenvalue weighted by molar-refractivity contribution is -0.0498. The van der Waals surface area contributed by atoms with Crippen molar-refractivity contribution in [1.82, 2.24) is 10.3 Å². The zero-order chi connectivity index (χ0) is 16.8. The van der Waals surface area contributed by atoms with Gasteiger partial charge in [0, 0.05) is 6.07 Å². The summed E-state index contributed by atoms with van der Waals surface area (Å²) in [5.41, 5.74) is 0.550. The van der Waals surface area contributed by atoms with Crippen LogP contribution < -0.4 is 15.6 Å². The van der Waals surface area contributed by atoms with Crippen molar-refractivity contribution >= 4 is 5.91 Å². The minimum atomic E-state index is -2.88. The fourth-order valence-corrected chi connectivity index (χ4v) is 2.12. The molecule has 0 spiro atoms. The molecule has 7 heteroatoms. The lowest BCUT2D eigenvalue weighted by Gasteiger charge is -2.18. The van der Waals surface area contributed by atoms with Crippen LogP contribution in [0.3, 0.4) is 0 Å². The Hall–Kier alpha value is -2.70. The average Bonchev–Trinajstić information content (AvgIpc) is 2.52. The average molecular weight is 322 g/mol. The maximum atomic E-state index is 12.1. The summed E-state index contributed by atoms with van der Waals surface area (Å²) in [5, 5.41) is 2.79. The van der Waals surface area contributed by atoms with E-state index in [0.717, 1.165) is 5.56 Å². The smallest absolute Gasteiger partial charge is 0.387 e. The van der Waals surface area contributed by atoms with Crippen LogP contribution in [-0.4, -0.2) is 17.5 Å². The summed E-state index contributed by atoms with van der Waals surface area (Å²) in [6.45, 7) is -1.00. The third-order valence-corrected chi connectivity index (χ3v) is 3.23. The third kappa shape index (κ3) is 4.64. The van der Waals surface area contributed by atoms with Crippen molar-refractivity contribution < 1.29 is 18.3 Å². The summed E-state index contributed by atoms with van der Waals surface area (Å²) in [5.74, 6) is -0.361. The number of aromatic nitrogens is 1. The van der Waals surface area contributed by atoms with E-state index in [1.165, 1.54) is 30.3 Å². The van der Waals surface area contributed by atoms with Crippen molar-refractivity contribution in [3.05, 3.63) is 64.1 Å². The molecule has 5 nitrogen and oxygen atoms in total. The van der Waals surface area contributed by atoms with Crippen LogP contribution in [0, 0.1) is 0 Å². The van der Waals surface area contributed by atoms with Crippen LogP contribution in [0.15, 0.2) is 47.3 Å². The molecular formula is C16H16F2N2O3. The van der Waals surface area contributed by atoms with Crippen LogP contribution in [0.1, 0.15) is 35.4 Å². The van der Waals surface area contributed by atoms with Gasteiger partial charge in [0.05, 0.1) is 6.04 Å². The third-order valence-electron chi connectivity index (χ3n) is 3.23. The Morgan fingerprint density at radius 3 is 2.48 bits per heavy atom. The lowest BCUT2D eigenvalue weighted by atomic mass is 10.0. The van der Waals surface area contributed by atoms with Gasteiger partial charge in [0.1, 0.15) is 11.4 Å². The van der Waals surface area contributed by atoms with E-state index >= 15 is 0 Å². The number of nitrogens with one attached hydrogen (secondary N) is 2. The first-order valence-electron chi connectivity index (χ1n) is 7.04. The Bertz CT molecular complexity index is 714. The molecule has 0 fully saturated rings. The van der Waals surface area contributed by atoms with Crippen molar-refractivity contribution in [2.45, 2.75) is 26.0 Å². The van der Waals surface area contributed by atoms with E-state index in [4.69, 9.17) is 0 Å². The molecule has 1 aromatic carbocycles. The number of alkyl halides is 2. The van der Waals surface area contributed by atoms with Crippen LogP contribution in [0.2, 0.25) is 0 Å². The molecule has 0 saturated carbocycles. The Morgan fingerprint density at radius 2 is 1.91 bits per heavy atom. The first-order valence-corrected chi connectivity index (χ1v) is 7.04. The second kappa shape index (κ2) is 7.53. The highest BCUT2D eigenvalue weighted by atomic mass is 19.3. The summed E-state index contributed by atoms with van der Waals surface area (Å²) >= 11 is 0. The predicted octanol–water partition coefficient (Wildman–Crippen LogP) is 2.86. The van der Waals surface area contributed by atoms with E-state index in [1.54, 1.807) is 12.1 Å². The van der Waals surface area contributed by atoms with Crippen molar-refractivity contribution in [3.63, 3.8) is 0 Å². The Labute approximate surface area is 131 Å². The van der Waals surface area contributed by atoms with Gasteiger partial charge >= 0.3 is 6.61 Å². The monoisotopic (exact) mass is 322 g/mol. The van der Waals surface area contributed by atoms with E-state index in [0.29, 0.717) is 6.42 Å². The van der Waals surface area contributed by atoms with Crippen molar-refractivity contribution in [2.24, 2.45) is 0 Å². The highest BCUT2D eigenvalue weighted by molar-refractivity contribution is 5.92. The molecule has 0 aliphatic rings. The SMILES string of the molecule is CC[C@@H](NC(=O)c1cccc(=O)[nH]1)c1ccc(OC(F)F)cc1. The summed E-state index contributed by atoms with van der Waals surface area (Å²) in [7, 11) is 0. The molecule has 1 heterocycles. The summed E-state index contributed by atoms with van der Waals surface area (Å²) < 4.78 is 28.5. The van der Waals surface area contributed by atoms with Gasteiger partial charge in [0.25, 0.3) is 5.91 Å². The van der Waals surface area contributed by atoms with Gasteiger partial charge in [-0.3, -0.25) is 9.59 Å². The second-order valence-corrected chi connectivity index (χ2v) is 4.81. The molecule has 1 amide bonds. The van der Waals surface area contributed by atoms with E-state index in [-0.39, 0.29) is 23.0 Å². The van der Waals surface area contributed by atoms with Crippen molar-refractivity contribution in [1.29, 1.82) is 0 Å². The standard InChI is InChI=1S/C16H16F2N2O3/c1-2-12(10-6-8-11(9-7-10)23-16(17)18)20-15(22)13-4-3-5-14(21)19-13/h3-9,12,16H,2H2,1H3,(H,19,21)(H,20,22)/t12-/m1/s1. The quantitative estimate of drug-likeness (QED) is 0.859. The first-order chi connectivity index (χ1) is 11.0. The molecule has 0 saturated heterocycles. The van der Waals surface area contributed by atoms with Gasteiger partial charge in [0.15, 0.2) is 0 Å². The topological polar surface area (TPSA) is 71.2 Å². The van der Waals surface area contributed by atoms with Gasteiger partial charge in [-0.05, 0) is 30.2 Å². The number of pyridine rings is 1. The highest BCUT2D eigenvalue weighted by Crippen LogP contribution is 2.21. The number of H-pyrrole nitrogens is 1. The van der Waals surface area contributed by atoms with Crippen LogP contribution in [0.25, 0.3) is 0 Å². The molecule has 1 atom stereocenters. The number of carbonyl (C=O) groups is 1. The maximum absolute atomic E-state index is 12.1. The molecule has 2 aromatic rings. The number of hydrogen-bond donors (Lipinski definition) is 2. The van der Waals surface area contributed by atoms with E-state index in [2.05, 4.69) is 15.0 Å². The second-order valence-electron chi connectivity index (χ2n) is 4.81. The minimum Gasteiger partial charge on any atom is -0.435 e. The van der Waals surface area contributed by atoms with Gasteiger partial charge in [-0.25, -0.2) is 0 Å². The molecule has 0 radical (unpaired) electrons. The largest absolute Gasteiger partial charge is 0.435 e. The number of rotatable bonds is 6. The van der Waals surface area contributed by atoms with Gasteiger partial charge < -0.3 is 15.0 Å². The fraction of sp³-hybridized carbons (Fsp3) is 0.250. The summed E-state index contributed by atoms with van der Waals surface area (Å²) in [6, 6.07) is 10.1. The van der Waals surface area contributed by atoms with Crippen LogP contribution in [0.5, 0.6) is 5.75 Å². The Balaban J connectivity index is 2.10. The molecule has 0 aliphatic heterocycles. The fourth-order valence-electron chi connectivity index (χ4n) is 2.12. The number of hydrogen-bond acceptors (Lipinski definition) is 3. The molecular weight excluding hydrogens is 306 g/mol. The molecule has 2 rings (SSSR count). The van der Waals surface area contributed by atoms with Gasteiger partial charge in [-0.2, -0.15) is 8.78 Å². The Morgan fingerprint density at radius 1 is 1.22 bits per heavy atom. The van der Waals surface area contributed by atoms with Crippen molar-refractivity contribution in [2.75, 3.05) is 0 Å². The van der Waals surface area contributed by atoms with Crippen LogP contribution in [0.4, 0.5) is 8.78 Å². The zero-order valence-corrected chi connectivity index (χ0v) is 12.4. The number of aromatic amines is 1. The van der Waals surface area contributed by atoms with E-state index < -0.39 is 12.5 Å². The molecule has 0 unspecified atom stereocenters. The molecule has 1 aromatic heterocycles. The molecule has 0 bridgehead atoms. The summed E-state index contributed by atoms with van der Waals surface area (Å²) in [4.78, 5) is 25.8. The number of benzene rings is 1. The van der Waals surface area contributed by atoms with Gasteiger partial charge in [0.2, 0.25) is 5.56 Å². The van der Waals surface area contributed by atoms with Gasteiger partial charge in [-0.15, -0.1) is 0 Å². The maximum Gasteiger partial charge on any atom is 0.387 e. The van der Waals surface area contributed by atoms with Crippen molar-refractivity contribution in [3.8, 4) is 5.75 Å². The number of carbonyl (C=O) groups excluding carboxylic acids is 1. The van der Waals surface area contributed by atoms with E-state index in [1.807, 2.05) is 6.92 Å². The minimum absolute atomic E-state index is 0.0531. The number of halogens is 2. The highest BCUT2D eigenvalue weighted by Gasteiger charge is 2.15. The zero-order valence-electron chi connectivity index (χ0n) is 12.4. The molecule has 0 aliphatic carbocycles. The molecule has 122 valence electrons. The predicted molar refractivity (Wildman–Crippen MR) is 80.6 cm³/mol. The normalized spacial score (nSPS) is 12.0. The van der Waals surface area contributed by atoms with Crippen LogP contribution in [-0.2, 0) is 0 Å². The Kier molecular flexibility index (Phi) is 5.46. The molecule has 23 heavy (non-hydrogen) atoms. The first kappa shape index (κ1) is 16.7. The van der Waals surface area contributed by atoms with Crippen LogP contribution >= 0.6 is 0 Å². The number of amides is 1. The van der Waals surface area contributed by atoms with E-state index in [9.17, 15) is 18.4 Å². The molecule has 2 N–H and O–H groups in total. The lowest BCUT2D eigenvalue weighted by Crippen LogP contribution is -2.30. The van der Waals surface area contributed by atoms with Gasteiger partial charge in [-0.1, -0.05) is 25.1 Å².